The van der Waals surface area contributed by atoms with Crippen molar-refractivity contribution in [1.82, 2.24) is 0 Å². The molecule has 0 aromatic rings. The standard InChI is InChI=1S/C6H7NO2.C4H6O2/c1-3-6(8)9-5(2)4-7;1-3-4(5)6-2/h3,5H,1H2,2H3;3H,1H2,2H3. The van der Waals surface area contributed by atoms with Crippen LogP contribution in [0, 0.1) is 11.3 Å². The van der Waals surface area contributed by atoms with Crippen molar-refractivity contribution in [3.05, 3.63) is 25.3 Å². The molecule has 82 valence electrons. The number of nitriles is 1. The summed E-state index contributed by atoms with van der Waals surface area (Å²) < 4.78 is 8.57. The van der Waals surface area contributed by atoms with Crippen molar-refractivity contribution in [1.29, 1.82) is 5.26 Å². The van der Waals surface area contributed by atoms with Crippen LogP contribution in [0.3, 0.4) is 0 Å². The lowest BCUT2D eigenvalue weighted by Crippen LogP contribution is -2.09. The molecule has 1 unspecified atom stereocenters. The van der Waals surface area contributed by atoms with E-state index in [0.29, 0.717) is 0 Å². The fraction of sp³-hybridized carbons (Fsp3) is 0.300. The summed E-state index contributed by atoms with van der Waals surface area (Å²) in [6.45, 7) is 7.81. The molecule has 0 spiro atoms. The van der Waals surface area contributed by atoms with E-state index in [2.05, 4.69) is 22.6 Å². The SMILES string of the molecule is C=CC(=O)OC.C=CC(=O)OC(C)C#N. The first-order valence-corrected chi connectivity index (χ1v) is 3.94. The van der Waals surface area contributed by atoms with Crippen LogP contribution < -0.4 is 0 Å². The molecular formula is C10H13NO4. The van der Waals surface area contributed by atoms with Gasteiger partial charge < -0.3 is 9.47 Å². The summed E-state index contributed by atoms with van der Waals surface area (Å²) >= 11 is 0. The number of rotatable bonds is 3. The van der Waals surface area contributed by atoms with Gasteiger partial charge in [0, 0.05) is 12.2 Å². The zero-order valence-electron chi connectivity index (χ0n) is 8.73. The van der Waals surface area contributed by atoms with Gasteiger partial charge in [-0.1, -0.05) is 13.2 Å². The van der Waals surface area contributed by atoms with Crippen LogP contribution in [0.1, 0.15) is 6.92 Å². The van der Waals surface area contributed by atoms with E-state index in [9.17, 15) is 9.59 Å². The fourth-order valence-corrected chi connectivity index (χ4v) is 0.332. The van der Waals surface area contributed by atoms with E-state index in [0.717, 1.165) is 12.2 Å². The summed E-state index contributed by atoms with van der Waals surface area (Å²) in [7, 11) is 1.31. The monoisotopic (exact) mass is 211 g/mol. The maximum absolute atomic E-state index is 10.3. The molecule has 0 N–H and O–H groups in total. The number of carbonyl (C=O) groups excluding carboxylic acids is 2. The molecule has 0 saturated carbocycles. The van der Waals surface area contributed by atoms with E-state index >= 15 is 0 Å². The maximum atomic E-state index is 10.3. The number of ether oxygens (including phenoxy) is 2. The highest BCUT2D eigenvalue weighted by Gasteiger charge is 2.01. The molecule has 0 aliphatic heterocycles. The Morgan fingerprint density at radius 2 is 1.80 bits per heavy atom. The third-order valence-corrected chi connectivity index (χ3v) is 1.01. The Balaban J connectivity index is 0. The predicted octanol–water partition coefficient (Wildman–Crippen LogP) is 0.973. The minimum Gasteiger partial charge on any atom is -0.466 e. The summed E-state index contributed by atoms with van der Waals surface area (Å²) in [5.74, 6) is -0.959. The van der Waals surface area contributed by atoms with Crippen molar-refractivity contribution >= 4 is 11.9 Å². The first-order valence-electron chi connectivity index (χ1n) is 3.94. The van der Waals surface area contributed by atoms with Crippen LogP contribution in [0.4, 0.5) is 0 Å². The van der Waals surface area contributed by atoms with E-state index < -0.39 is 18.0 Å². The Hall–Kier alpha value is -2.09. The van der Waals surface area contributed by atoms with Crippen molar-refractivity contribution in [2.24, 2.45) is 0 Å². The van der Waals surface area contributed by atoms with Crippen molar-refractivity contribution in [3.63, 3.8) is 0 Å². The second-order valence-corrected chi connectivity index (χ2v) is 2.14. The topological polar surface area (TPSA) is 76.4 Å². The van der Waals surface area contributed by atoms with Crippen LogP contribution in [-0.4, -0.2) is 25.2 Å². The molecule has 0 fully saturated rings. The summed E-state index contributed by atoms with van der Waals surface area (Å²) in [4.78, 5) is 20.1. The minimum atomic E-state index is -0.685. The van der Waals surface area contributed by atoms with Crippen LogP contribution >= 0.6 is 0 Å². The molecule has 0 aromatic heterocycles. The molecule has 5 nitrogen and oxygen atoms in total. The summed E-state index contributed by atoms with van der Waals surface area (Å²) in [6.07, 6.45) is 1.45. The second kappa shape index (κ2) is 9.99. The van der Waals surface area contributed by atoms with Gasteiger partial charge in [-0.05, 0) is 6.92 Å². The quantitative estimate of drug-likeness (QED) is 0.513. The summed E-state index contributed by atoms with van der Waals surface area (Å²) in [5.41, 5.74) is 0. The highest BCUT2D eigenvalue weighted by molar-refractivity contribution is 5.81. The average molecular weight is 211 g/mol. The van der Waals surface area contributed by atoms with Crippen LogP contribution in [0.2, 0.25) is 0 Å². The van der Waals surface area contributed by atoms with Gasteiger partial charge in [-0.25, -0.2) is 9.59 Å². The first kappa shape index (κ1) is 15.4. The third kappa shape index (κ3) is 11.9. The van der Waals surface area contributed by atoms with Gasteiger partial charge in [0.25, 0.3) is 0 Å². The average Bonchev–Trinajstić information content (AvgIpc) is 2.28. The number of carbonyl (C=O) groups is 2. The van der Waals surface area contributed by atoms with Gasteiger partial charge in [0.1, 0.15) is 6.07 Å². The Morgan fingerprint density at radius 3 is 2.00 bits per heavy atom. The normalized spacial score (nSPS) is 9.40. The molecule has 0 aliphatic rings. The molecular weight excluding hydrogens is 198 g/mol. The second-order valence-electron chi connectivity index (χ2n) is 2.14. The van der Waals surface area contributed by atoms with Crippen molar-refractivity contribution in [2.45, 2.75) is 13.0 Å². The van der Waals surface area contributed by atoms with E-state index in [1.165, 1.54) is 14.0 Å². The van der Waals surface area contributed by atoms with Crippen molar-refractivity contribution < 1.29 is 19.1 Å². The van der Waals surface area contributed by atoms with Crippen LogP contribution in [0.25, 0.3) is 0 Å². The van der Waals surface area contributed by atoms with Crippen molar-refractivity contribution in [3.8, 4) is 6.07 Å². The number of hydrogen-bond acceptors (Lipinski definition) is 5. The van der Waals surface area contributed by atoms with Crippen LogP contribution in [-0.2, 0) is 19.1 Å². The Labute approximate surface area is 88.6 Å². The third-order valence-electron chi connectivity index (χ3n) is 1.01. The zero-order valence-corrected chi connectivity index (χ0v) is 8.73. The number of esters is 2. The molecule has 0 amide bonds. The molecule has 15 heavy (non-hydrogen) atoms. The van der Waals surface area contributed by atoms with Crippen LogP contribution in [0.15, 0.2) is 25.3 Å². The molecule has 0 aromatic carbocycles. The minimum absolute atomic E-state index is 0.394. The van der Waals surface area contributed by atoms with Gasteiger partial charge in [-0.2, -0.15) is 5.26 Å². The van der Waals surface area contributed by atoms with Crippen LogP contribution in [0.5, 0.6) is 0 Å². The Morgan fingerprint density at radius 1 is 1.33 bits per heavy atom. The maximum Gasteiger partial charge on any atom is 0.331 e. The molecule has 5 heteroatoms. The van der Waals surface area contributed by atoms with Crippen molar-refractivity contribution in [2.75, 3.05) is 7.11 Å². The molecule has 0 bridgehead atoms. The highest BCUT2D eigenvalue weighted by atomic mass is 16.5. The van der Waals surface area contributed by atoms with Gasteiger partial charge in [-0.15, -0.1) is 0 Å². The molecule has 0 saturated heterocycles. The number of hydrogen-bond donors (Lipinski definition) is 0. The molecule has 0 aliphatic carbocycles. The van der Waals surface area contributed by atoms with E-state index in [1.807, 2.05) is 0 Å². The highest BCUT2D eigenvalue weighted by Crippen LogP contribution is 1.88. The molecule has 1 atom stereocenters. The number of nitrogens with zero attached hydrogens (tertiary/aromatic N) is 1. The Bertz CT molecular complexity index is 278. The lowest BCUT2D eigenvalue weighted by Gasteiger charge is -1.99. The smallest absolute Gasteiger partial charge is 0.331 e. The van der Waals surface area contributed by atoms with E-state index in [4.69, 9.17) is 5.26 Å². The Kier molecular flexibility index (Phi) is 10.3. The fourth-order valence-electron chi connectivity index (χ4n) is 0.332. The summed E-state index contributed by atoms with van der Waals surface area (Å²) in [5, 5.41) is 8.12. The number of methoxy groups -OCH3 is 1. The van der Waals surface area contributed by atoms with Gasteiger partial charge in [0.2, 0.25) is 0 Å². The lowest BCUT2D eigenvalue weighted by atomic mass is 10.4. The van der Waals surface area contributed by atoms with Gasteiger partial charge in [0.05, 0.1) is 7.11 Å². The van der Waals surface area contributed by atoms with E-state index in [-0.39, 0.29) is 0 Å². The predicted molar refractivity (Wildman–Crippen MR) is 53.6 cm³/mol. The van der Waals surface area contributed by atoms with Gasteiger partial charge in [0.15, 0.2) is 6.10 Å². The first-order chi connectivity index (χ1) is 7.01. The van der Waals surface area contributed by atoms with E-state index in [1.54, 1.807) is 6.07 Å². The molecule has 0 radical (unpaired) electrons. The molecule has 0 heterocycles. The largest absolute Gasteiger partial charge is 0.466 e. The van der Waals surface area contributed by atoms with Gasteiger partial charge in [-0.3, -0.25) is 0 Å². The lowest BCUT2D eigenvalue weighted by molar-refractivity contribution is -0.140. The summed E-state index contributed by atoms with van der Waals surface area (Å²) in [6, 6.07) is 1.74. The zero-order chi connectivity index (χ0) is 12.3. The van der Waals surface area contributed by atoms with Gasteiger partial charge >= 0.3 is 11.9 Å². The molecule has 0 rings (SSSR count).